The van der Waals surface area contributed by atoms with Crippen molar-refractivity contribution in [1.29, 1.82) is 0 Å². The second kappa shape index (κ2) is 8.92. The molecule has 5 aromatic rings. The van der Waals surface area contributed by atoms with Crippen molar-refractivity contribution in [2.24, 2.45) is 0 Å². The van der Waals surface area contributed by atoms with Crippen LogP contribution in [0.4, 0.5) is 5.69 Å². The largest absolute Gasteiger partial charge is 0.493 e. The van der Waals surface area contributed by atoms with Gasteiger partial charge in [0.1, 0.15) is 10.7 Å². The molecule has 2 aromatic carbocycles. The predicted molar refractivity (Wildman–Crippen MR) is 141 cm³/mol. The van der Waals surface area contributed by atoms with Gasteiger partial charge in [-0.05, 0) is 61.4 Å². The average Bonchev–Trinajstić information content (AvgIpc) is 3.46. The molecular formula is C28H25N3O3S. The number of carbonyl (C=O) groups excluding carboxylic acids is 1. The van der Waals surface area contributed by atoms with E-state index in [1.165, 1.54) is 11.3 Å². The minimum absolute atomic E-state index is 0.116. The summed E-state index contributed by atoms with van der Waals surface area (Å²) in [7, 11) is 3.21. The van der Waals surface area contributed by atoms with Crippen LogP contribution in [0.25, 0.3) is 27.3 Å². The quantitative estimate of drug-likeness (QED) is 0.292. The van der Waals surface area contributed by atoms with E-state index in [1.807, 2.05) is 84.4 Å². The van der Waals surface area contributed by atoms with Crippen molar-refractivity contribution in [2.45, 2.75) is 13.8 Å². The van der Waals surface area contributed by atoms with Crippen LogP contribution in [0.3, 0.4) is 0 Å². The number of ketones is 1. The number of thiazole rings is 1. The van der Waals surface area contributed by atoms with E-state index in [2.05, 4.69) is 0 Å². The number of pyridine rings is 1. The van der Waals surface area contributed by atoms with Gasteiger partial charge in [-0.2, -0.15) is 0 Å². The normalized spacial score (nSPS) is 11.1. The van der Waals surface area contributed by atoms with Crippen LogP contribution in [0.1, 0.15) is 27.2 Å². The van der Waals surface area contributed by atoms with Crippen LogP contribution < -0.4 is 15.2 Å². The fourth-order valence-corrected chi connectivity index (χ4v) is 5.12. The van der Waals surface area contributed by atoms with Gasteiger partial charge in [0.25, 0.3) is 0 Å². The summed E-state index contributed by atoms with van der Waals surface area (Å²) in [5, 5.41) is 2.72. The molecule has 0 saturated heterocycles. The maximum atomic E-state index is 13.6. The zero-order valence-corrected chi connectivity index (χ0v) is 20.8. The van der Waals surface area contributed by atoms with E-state index in [0.29, 0.717) is 28.4 Å². The Kier molecular flexibility index (Phi) is 5.78. The molecule has 0 aliphatic heterocycles. The Morgan fingerprint density at radius 2 is 1.77 bits per heavy atom. The van der Waals surface area contributed by atoms with Crippen LogP contribution in [-0.4, -0.2) is 29.4 Å². The first kappa shape index (κ1) is 22.7. The second-order valence-corrected chi connectivity index (χ2v) is 9.19. The molecule has 176 valence electrons. The molecule has 6 nitrogen and oxygen atoms in total. The number of benzene rings is 2. The van der Waals surface area contributed by atoms with Crippen LogP contribution >= 0.6 is 11.3 Å². The van der Waals surface area contributed by atoms with Crippen LogP contribution in [0.2, 0.25) is 0 Å². The monoisotopic (exact) mass is 483 g/mol. The maximum Gasteiger partial charge on any atom is 0.211 e. The minimum Gasteiger partial charge on any atom is -0.493 e. The van der Waals surface area contributed by atoms with E-state index in [1.54, 1.807) is 14.2 Å². The van der Waals surface area contributed by atoms with Gasteiger partial charge in [-0.3, -0.25) is 4.79 Å². The molecule has 0 amide bonds. The summed E-state index contributed by atoms with van der Waals surface area (Å²) in [5.74, 6) is 1.17. The Labute approximate surface area is 207 Å². The molecule has 0 unspecified atom stereocenters. The third-order valence-corrected chi connectivity index (χ3v) is 7.12. The van der Waals surface area contributed by atoms with Crippen molar-refractivity contribution in [3.63, 3.8) is 0 Å². The highest BCUT2D eigenvalue weighted by atomic mass is 32.1. The van der Waals surface area contributed by atoms with Crippen LogP contribution in [-0.2, 0) is 0 Å². The molecule has 0 bridgehead atoms. The zero-order valence-electron chi connectivity index (χ0n) is 20.0. The fraction of sp³-hybridized carbons (Fsp3) is 0.143. The van der Waals surface area contributed by atoms with E-state index in [4.69, 9.17) is 20.2 Å². The SMILES string of the molecule is COc1ccc(-c2csc(-c3c(N)c(C(=O)c4ccc(C)c(C)c4)n4ccccc34)n2)cc1OC. The van der Waals surface area contributed by atoms with Crippen molar-refractivity contribution in [2.75, 3.05) is 20.0 Å². The lowest BCUT2D eigenvalue weighted by atomic mass is 10.0. The summed E-state index contributed by atoms with van der Waals surface area (Å²) in [6.45, 7) is 4.03. The molecule has 0 radical (unpaired) electrons. The van der Waals surface area contributed by atoms with E-state index >= 15 is 0 Å². The predicted octanol–water partition coefficient (Wildman–Crippen LogP) is 6.18. The second-order valence-electron chi connectivity index (χ2n) is 8.33. The molecule has 0 saturated carbocycles. The van der Waals surface area contributed by atoms with E-state index in [0.717, 1.165) is 38.5 Å². The number of aromatic nitrogens is 2. The third kappa shape index (κ3) is 3.84. The topological polar surface area (TPSA) is 78.9 Å². The molecule has 3 heterocycles. The smallest absolute Gasteiger partial charge is 0.211 e. The number of rotatable bonds is 6. The van der Waals surface area contributed by atoms with Crippen molar-refractivity contribution in [3.8, 4) is 33.3 Å². The van der Waals surface area contributed by atoms with Crippen molar-refractivity contribution in [1.82, 2.24) is 9.38 Å². The molecule has 0 aliphatic carbocycles. The third-order valence-electron chi connectivity index (χ3n) is 6.26. The van der Waals surface area contributed by atoms with E-state index < -0.39 is 0 Å². The molecule has 5 rings (SSSR count). The highest BCUT2D eigenvalue weighted by Crippen LogP contribution is 2.40. The number of ether oxygens (including phenoxy) is 2. The number of hydrogen-bond acceptors (Lipinski definition) is 6. The summed E-state index contributed by atoms with van der Waals surface area (Å²) in [6, 6.07) is 17.2. The number of fused-ring (bicyclic) bond motifs is 1. The van der Waals surface area contributed by atoms with Crippen molar-refractivity contribution < 1.29 is 14.3 Å². The zero-order chi connectivity index (χ0) is 24.7. The van der Waals surface area contributed by atoms with Crippen molar-refractivity contribution >= 4 is 28.3 Å². The lowest BCUT2D eigenvalue weighted by Crippen LogP contribution is -2.08. The number of anilines is 1. The van der Waals surface area contributed by atoms with Gasteiger partial charge < -0.3 is 19.6 Å². The number of carbonyl (C=O) groups is 1. The summed E-state index contributed by atoms with van der Waals surface area (Å²) < 4.78 is 12.7. The van der Waals surface area contributed by atoms with Gasteiger partial charge >= 0.3 is 0 Å². The molecule has 35 heavy (non-hydrogen) atoms. The molecule has 0 atom stereocenters. The van der Waals surface area contributed by atoms with Gasteiger partial charge in [-0.25, -0.2) is 4.98 Å². The summed E-state index contributed by atoms with van der Waals surface area (Å²) >= 11 is 1.49. The Hall–Kier alpha value is -4.10. The summed E-state index contributed by atoms with van der Waals surface area (Å²) in [5.41, 5.74) is 13.7. The molecule has 7 heteroatoms. The number of methoxy groups -OCH3 is 2. The lowest BCUT2D eigenvalue weighted by Gasteiger charge is -2.08. The Bertz CT molecular complexity index is 1580. The molecule has 2 N–H and O–H groups in total. The first-order valence-corrected chi connectivity index (χ1v) is 12.0. The molecular weight excluding hydrogens is 458 g/mol. The van der Waals surface area contributed by atoms with Crippen LogP contribution in [0.5, 0.6) is 11.5 Å². The molecule has 3 aromatic heterocycles. The Morgan fingerprint density at radius 1 is 0.971 bits per heavy atom. The number of hydrogen-bond donors (Lipinski definition) is 1. The van der Waals surface area contributed by atoms with Gasteiger partial charge in [0, 0.05) is 22.7 Å². The van der Waals surface area contributed by atoms with Crippen molar-refractivity contribution in [3.05, 3.63) is 88.6 Å². The van der Waals surface area contributed by atoms with Gasteiger partial charge in [0.15, 0.2) is 11.5 Å². The lowest BCUT2D eigenvalue weighted by molar-refractivity contribution is 0.103. The number of nitrogens with zero attached hydrogens (tertiary/aromatic N) is 2. The Balaban J connectivity index is 1.63. The fourth-order valence-electron chi connectivity index (χ4n) is 4.22. The first-order valence-electron chi connectivity index (χ1n) is 11.1. The highest BCUT2D eigenvalue weighted by molar-refractivity contribution is 7.13. The number of nitrogens with two attached hydrogens (primary N) is 1. The van der Waals surface area contributed by atoms with Gasteiger partial charge in [0.05, 0.1) is 36.7 Å². The van der Waals surface area contributed by atoms with Gasteiger partial charge in [-0.1, -0.05) is 18.2 Å². The number of nitrogen functional groups attached to an aromatic ring is 1. The maximum absolute atomic E-state index is 13.6. The first-order chi connectivity index (χ1) is 16.9. The minimum atomic E-state index is -0.116. The van der Waals surface area contributed by atoms with Gasteiger partial charge in [0.2, 0.25) is 5.78 Å². The van der Waals surface area contributed by atoms with Crippen LogP contribution in [0, 0.1) is 13.8 Å². The average molecular weight is 484 g/mol. The Morgan fingerprint density at radius 3 is 2.51 bits per heavy atom. The molecule has 0 spiro atoms. The number of aryl methyl sites for hydroxylation is 2. The summed E-state index contributed by atoms with van der Waals surface area (Å²) in [6.07, 6.45) is 1.87. The van der Waals surface area contributed by atoms with E-state index in [-0.39, 0.29) is 5.78 Å². The molecule has 0 fully saturated rings. The highest BCUT2D eigenvalue weighted by Gasteiger charge is 2.25. The molecule has 0 aliphatic rings. The summed E-state index contributed by atoms with van der Waals surface area (Å²) in [4.78, 5) is 18.5. The van der Waals surface area contributed by atoms with Gasteiger partial charge in [-0.15, -0.1) is 11.3 Å². The standard InChI is InChI=1S/C28H25N3O3S/c1-16-8-9-19(13-17(16)2)27(32)26-25(29)24(21-7-5-6-12-31(21)26)28-30-20(15-35-28)18-10-11-22(33-3)23(14-18)34-4/h5-15H,29H2,1-4H3. The van der Waals surface area contributed by atoms with E-state index in [9.17, 15) is 4.79 Å². The van der Waals surface area contributed by atoms with Crippen LogP contribution in [0.15, 0.2) is 66.2 Å².